The third kappa shape index (κ3) is 2.04. The number of hydrogen-bond donors (Lipinski definition) is 0. The van der Waals surface area contributed by atoms with Gasteiger partial charge in [0.2, 0.25) is 0 Å². The zero-order valence-corrected chi connectivity index (χ0v) is 6.95. The SMILES string of the molecule is CCc1[c]c(CC)cc(F)c1. The summed E-state index contributed by atoms with van der Waals surface area (Å²) in [5.74, 6) is -0.141. The highest BCUT2D eigenvalue weighted by molar-refractivity contribution is 5.22. The third-order valence-corrected chi connectivity index (χ3v) is 1.71. The van der Waals surface area contributed by atoms with Gasteiger partial charge in [-0.25, -0.2) is 4.39 Å². The first-order valence-electron chi connectivity index (χ1n) is 3.97. The van der Waals surface area contributed by atoms with Gasteiger partial charge in [0.1, 0.15) is 5.82 Å². The summed E-state index contributed by atoms with van der Waals surface area (Å²) in [6, 6.07) is 6.23. The summed E-state index contributed by atoms with van der Waals surface area (Å²) in [6.07, 6.45) is 1.70. The number of rotatable bonds is 2. The Bertz CT molecular complexity index is 218. The zero-order chi connectivity index (χ0) is 8.27. The van der Waals surface area contributed by atoms with E-state index >= 15 is 0 Å². The maximum absolute atomic E-state index is 12.8. The van der Waals surface area contributed by atoms with Crippen molar-refractivity contribution in [2.75, 3.05) is 0 Å². The van der Waals surface area contributed by atoms with E-state index in [1.807, 2.05) is 13.8 Å². The van der Waals surface area contributed by atoms with Gasteiger partial charge in [-0.1, -0.05) is 13.8 Å². The van der Waals surface area contributed by atoms with Gasteiger partial charge in [-0.3, -0.25) is 0 Å². The molecule has 1 aromatic rings. The molecule has 0 spiro atoms. The van der Waals surface area contributed by atoms with Gasteiger partial charge in [0.25, 0.3) is 0 Å². The van der Waals surface area contributed by atoms with Crippen LogP contribution in [0.4, 0.5) is 4.39 Å². The van der Waals surface area contributed by atoms with Crippen molar-refractivity contribution in [2.45, 2.75) is 26.7 Å². The molecule has 1 rings (SSSR count). The van der Waals surface area contributed by atoms with Gasteiger partial charge in [-0.15, -0.1) is 0 Å². The van der Waals surface area contributed by atoms with E-state index in [2.05, 4.69) is 6.07 Å². The van der Waals surface area contributed by atoms with Crippen molar-refractivity contribution in [1.29, 1.82) is 0 Å². The van der Waals surface area contributed by atoms with Gasteiger partial charge in [-0.2, -0.15) is 0 Å². The highest BCUT2D eigenvalue weighted by Crippen LogP contribution is 2.09. The summed E-state index contributed by atoms with van der Waals surface area (Å²) in [5, 5.41) is 0. The van der Waals surface area contributed by atoms with E-state index in [-0.39, 0.29) is 5.82 Å². The van der Waals surface area contributed by atoms with E-state index in [0.29, 0.717) is 0 Å². The van der Waals surface area contributed by atoms with Gasteiger partial charge in [0, 0.05) is 0 Å². The second-order valence-corrected chi connectivity index (χ2v) is 2.56. The van der Waals surface area contributed by atoms with Crippen molar-refractivity contribution in [2.24, 2.45) is 0 Å². The van der Waals surface area contributed by atoms with Crippen LogP contribution in [0.15, 0.2) is 12.1 Å². The van der Waals surface area contributed by atoms with E-state index < -0.39 is 0 Å². The fraction of sp³-hybridized carbons (Fsp3) is 0.400. The number of hydrogen-bond acceptors (Lipinski definition) is 0. The Morgan fingerprint density at radius 3 is 2.00 bits per heavy atom. The largest absolute Gasteiger partial charge is 0.207 e. The molecule has 59 valence electrons. The van der Waals surface area contributed by atoms with Gasteiger partial charge in [-0.05, 0) is 42.2 Å². The number of halogens is 1. The molecular formula is C10H12F. The van der Waals surface area contributed by atoms with E-state index in [1.165, 1.54) is 0 Å². The summed E-state index contributed by atoms with van der Waals surface area (Å²) < 4.78 is 12.8. The first-order chi connectivity index (χ1) is 5.26. The molecule has 11 heavy (non-hydrogen) atoms. The molecule has 1 aromatic carbocycles. The Morgan fingerprint density at radius 1 is 1.18 bits per heavy atom. The van der Waals surface area contributed by atoms with Gasteiger partial charge in [0.05, 0.1) is 0 Å². The topological polar surface area (TPSA) is 0 Å². The van der Waals surface area contributed by atoms with Crippen molar-refractivity contribution < 1.29 is 4.39 Å². The molecule has 0 saturated carbocycles. The minimum Gasteiger partial charge on any atom is -0.207 e. The molecule has 0 aliphatic heterocycles. The standard InChI is InChI=1S/C10H12F/c1-3-8-5-9(4-2)7-10(11)6-8/h6-7H,3-4H2,1-2H3. The second-order valence-electron chi connectivity index (χ2n) is 2.56. The lowest BCUT2D eigenvalue weighted by Crippen LogP contribution is -1.88. The van der Waals surface area contributed by atoms with Crippen LogP contribution in [0.25, 0.3) is 0 Å². The summed E-state index contributed by atoms with van der Waals surface area (Å²) in [5.41, 5.74) is 1.92. The van der Waals surface area contributed by atoms with Crippen LogP contribution in [0, 0.1) is 11.9 Å². The van der Waals surface area contributed by atoms with Gasteiger partial charge < -0.3 is 0 Å². The molecule has 1 heteroatoms. The molecule has 0 aliphatic carbocycles. The fourth-order valence-corrected chi connectivity index (χ4v) is 1.03. The van der Waals surface area contributed by atoms with Gasteiger partial charge >= 0.3 is 0 Å². The normalized spacial score (nSPS) is 10.1. The van der Waals surface area contributed by atoms with E-state index in [4.69, 9.17) is 0 Å². The minimum absolute atomic E-state index is 0.141. The summed E-state index contributed by atoms with van der Waals surface area (Å²) >= 11 is 0. The predicted molar refractivity (Wildman–Crippen MR) is 44.0 cm³/mol. The average molecular weight is 151 g/mol. The molecule has 0 saturated heterocycles. The molecule has 0 unspecified atom stereocenters. The molecular weight excluding hydrogens is 139 g/mol. The minimum atomic E-state index is -0.141. The number of benzene rings is 1. The van der Waals surface area contributed by atoms with Crippen molar-refractivity contribution >= 4 is 0 Å². The van der Waals surface area contributed by atoms with E-state index in [0.717, 1.165) is 24.0 Å². The molecule has 0 N–H and O–H groups in total. The average Bonchev–Trinajstić information content (AvgIpc) is 2.03. The van der Waals surface area contributed by atoms with Crippen molar-refractivity contribution in [3.63, 3.8) is 0 Å². The van der Waals surface area contributed by atoms with Crippen LogP contribution in [0.1, 0.15) is 25.0 Å². The molecule has 1 radical (unpaired) electrons. The zero-order valence-electron chi connectivity index (χ0n) is 6.95. The second kappa shape index (κ2) is 3.51. The van der Waals surface area contributed by atoms with E-state index in [1.54, 1.807) is 12.1 Å². The molecule has 0 heterocycles. The summed E-state index contributed by atoms with van der Waals surface area (Å²) in [7, 11) is 0. The van der Waals surface area contributed by atoms with E-state index in [9.17, 15) is 4.39 Å². The quantitative estimate of drug-likeness (QED) is 0.609. The predicted octanol–water partition coefficient (Wildman–Crippen LogP) is 2.75. The Hall–Kier alpha value is -0.850. The van der Waals surface area contributed by atoms with Crippen LogP contribution < -0.4 is 0 Å². The van der Waals surface area contributed by atoms with Crippen LogP contribution in [-0.2, 0) is 12.8 Å². The Kier molecular flexibility index (Phi) is 2.64. The Labute approximate surface area is 67.1 Å². The lowest BCUT2D eigenvalue weighted by molar-refractivity contribution is 0.623. The van der Waals surface area contributed by atoms with Crippen molar-refractivity contribution in [1.82, 2.24) is 0 Å². The highest BCUT2D eigenvalue weighted by Gasteiger charge is 1.97. The Balaban J connectivity index is 3.02. The van der Waals surface area contributed by atoms with Crippen LogP contribution in [0.3, 0.4) is 0 Å². The first-order valence-corrected chi connectivity index (χ1v) is 3.97. The van der Waals surface area contributed by atoms with Crippen LogP contribution in [0.2, 0.25) is 0 Å². The molecule has 0 nitrogen and oxygen atoms in total. The van der Waals surface area contributed by atoms with Crippen molar-refractivity contribution in [3.8, 4) is 0 Å². The summed E-state index contributed by atoms with van der Waals surface area (Å²) in [4.78, 5) is 0. The molecule has 0 aromatic heterocycles. The highest BCUT2D eigenvalue weighted by atomic mass is 19.1. The third-order valence-electron chi connectivity index (χ3n) is 1.71. The molecule has 0 bridgehead atoms. The first kappa shape index (κ1) is 8.25. The molecule has 0 amide bonds. The smallest absolute Gasteiger partial charge is 0.123 e. The van der Waals surface area contributed by atoms with Crippen LogP contribution in [0.5, 0.6) is 0 Å². The maximum atomic E-state index is 12.8. The monoisotopic (exact) mass is 151 g/mol. The lowest BCUT2D eigenvalue weighted by atomic mass is 10.1. The number of aryl methyl sites for hydroxylation is 2. The lowest BCUT2D eigenvalue weighted by Gasteiger charge is -1.99. The molecule has 0 fully saturated rings. The van der Waals surface area contributed by atoms with Gasteiger partial charge in [0.15, 0.2) is 0 Å². The maximum Gasteiger partial charge on any atom is 0.123 e. The Morgan fingerprint density at radius 2 is 1.64 bits per heavy atom. The molecule has 0 aliphatic rings. The van der Waals surface area contributed by atoms with Crippen molar-refractivity contribution in [3.05, 3.63) is 35.1 Å². The van der Waals surface area contributed by atoms with Crippen LogP contribution >= 0.6 is 0 Å². The fourth-order valence-electron chi connectivity index (χ4n) is 1.03. The van der Waals surface area contributed by atoms with Crippen LogP contribution in [-0.4, -0.2) is 0 Å². The molecule has 0 atom stereocenters. The summed E-state index contributed by atoms with van der Waals surface area (Å²) in [6.45, 7) is 4.01.